The van der Waals surface area contributed by atoms with Gasteiger partial charge in [0.2, 0.25) is 0 Å². The van der Waals surface area contributed by atoms with Gasteiger partial charge in [0.15, 0.2) is 12.0 Å². The predicted molar refractivity (Wildman–Crippen MR) is 84.7 cm³/mol. The molecule has 0 saturated heterocycles. The summed E-state index contributed by atoms with van der Waals surface area (Å²) in [4.78, 5) is 16.5. The highest BCUT2D eigenvalue weighted by atomic mass is 16.5. The Balaban J connectivity index is 1.79. The number of aromatic nitrogens is 1. The molecule has 0 bridgehead atoms. The molecule has 2 aromatic carbocycles. The van der Waals surface area contributed by atoms with Crippen LogP contribution in [0.25, 0.3) is 11.1 Å². The van der Waals surface area contributed by atoms with Crippen molar-refractivity contribution in [1.82, 2.24) is 10.3 Å². The molecule has 6 nitrogen and oxygen atoms in total. The highest BCUT2D eigenvalue weighted by molar-refractivity contribution is 5.99. The lowest BCUT2D eigenvalue weighted by Gasteiger charge is -2.13. The second-order valence-electron chi connectivity index (χ2n) is 4.87. The van der Waals surface area contributed by atoms with Gasteiger partial charge in [-0.25, -0.2) is 4.98 Å². The minimum Gasteiger partial charge on any atom is -0.496 e. The van der Waals surface area contributed by atoms with Crippen molar-refractivity contribution in [2.45, 2.75) is 6.54 Å². The van der Waals surface area contributed by atoms with Gasteiger partial charge in [-0.05, 0) is 29.8 Å². The number of hydrogen-bond donors (Lipinski definition) is 1. The number of methoxy groups -OCH3 is 2. The van der Waals surface area contributed by atoms with E-state index in [9.17, 15) is 4.79 Å². The average Bonchev–Trinajstić information content (AvgIpc) is 3.06. The number of carbonyl (C=O) groups excluding carboxylic acids is 1. The first kappa shape index (κ1) is 14.9. The largest absolute Gasteiger partial charge is 0.496 e. The van der Waals surface area contributed by atoms with E-state index in [2.05, 4.69) is 10.3 Å². The van der Waals surface area contributed by atoms with E-state index in [0.29, 0.717) is 29.2 Å². The average molecular weight is 312 g/mol. The zero-order chi connectivity index (χ0) is 16.2. The van der Waals surface area contributed by atoms with E-state index in [1.54, 1.807) is 18.2 Å². The molecule has 0 saturated carbocycles. The topological polar surface area (TPSA) is 73.6 Å². The van der Waals surface area contributed by atoms with Crippen molar-refractivity contribution in [2.24, 2.45) is 0 Å². The van der Waals surface area contributed by atoms with Crippen LogP contribution in [0.15, 0.2) is 47.2 Å². The normalized spacial score (nSPS) is 10.5. The van der Waals surface area contributed by atoms with Gasteiger partial charge in [-0.1, -0.05) is 12.1 Å². The second-order valence-corrected chi connectivity index (χ2v) is 4.87. The lowest BCUT2D eigenvalue weighted by atomic mass is 10.1. The highest BCUT2D eigenvalue weighted by Gasteiger charge is 2.17. The Morgan fingerprint density at radius 1 is 1.17 bits per heavy atom. The van der Waals surface area contributed by atoms with Gasteiger partial charge in [-0.3, -0.25) is 4.79 Å². The molecule has 1 amide bonds. The minimum atomic E-state index is -0.267. The number of fused-ring (bicyclic) bond motifs is 1. The van der Waals surface area contributed by atoms with Gasteiger partial charge in [-0.2, -0.15) is 0 Å². The van der Waals surface area contributed by atoms with Crippen LogP contribution in [-0.4, -0.2) is 25.1 Å². The Morgan fingerprint density at radius 3 is 2.61 bits per heavy atom. The molecule has 0 radical (unpaired) electrons. The molecule has 6 heteroatoms. The summed E-state index contributed by atoms with van der Waals surface area (Å²) >= 11 is 0. The molecular weight excluding hydrogens is 296 g/mol. The number of oxazole rings is 1. The Kier molecular flexibility index (Phi) is 4.14. The molecule has 0 unspecified atom stereocenters. The molecule has 0 aliphatic heterocycles. The third-order valence-corrected chi connectivity index (χ3v) is 3.50. The van der Waals surface area contributed by atoms with Gasteiger partial charge in [0, 0.05) is 6.54 Å². The number of ether oxygens (including phenoxy) is 2. The molecule has 0 aliphatic rings. The van der Waals surface area contributed by atoms with Crippen LogP contribution in [0.4, 0.5) is 0 Å². The predicted octanol–water partition coefficient (Wildman–Crippen LogP) is 2.78. The van der Waals surface area contributed by atoms with Gasteiger partial charge in [0.1, 0.15) is 22.6 Å². The smallest absolute Gasteiger partial charge is 0.259 e. The van der Waals surface area contributed by atoms with Crippen LogP contribution >= 0.6 is 0 Å². The minimum absolute atomic E-state index is 0.267. The number of carbonyl (C=O) groups is 1. The van der Waals surface area contributed by atoms with Crippen molar-refractivity contribution in [3.8, 4) is 11.5 Å². The maximum Gasteiger partial charge on any atom is 0.259 e. The number of nitrogens with one attached hydrogen (secondary N) is 1. The summed E-state index contributed by atoms with van der Waals surface area (Å²) in [6.45, 7) is 0.358. The highest BCUT2D eigenvalue weighted by Crippen LogP contribution is 2.28. The van der Waals surface area contributed by atoms with Gasteiger partial charge in [0.25, 0.3) is 5.91 Å². The van der Waals surface area contributed by atoms with E-state index in [-0.39, 0.29) is 5.91 Å². The maximum absolute atomic E-state index is 12.5. The van der Waals surface area contributed by atoms with Crippen molar-refractivity contribution in [1.29, 1.82) is 0 Å². The zero-order valence-electron chi connectivity index (χ0n) is 12.8. The molecule has 1 heterocycles. The molecule has 0 fully saturated rings. The quantitative estimate of drug-likeness (QED) is 0.784. The van der Waals surface area contributed by atoms with Crippen molar-refractivity contribution in [3.05, 3.63) is 53.9 Å². The maximum atomic E-state index is 12.5. The number of rotatable bonds is 5. The lowest BCUT2D eigenvalue weighted by Crippen LogP contribution is -2.24. The van der Waals surface area contributed by atoms with E-state index >= 15 is 0 Å². The summed E-state index contributed by atoms with van der Waals surface area (Å²) in [5, 5.41) is 2.86. The summed E-state index contributed by atoms with van der Waals surface area (Å²) in [7, 11) is 3.03. The first-order chi connectivity index (χ1) is 11.2. The number of nitrogens with zero attached hydrogens (tertiary/aromatic N) is 1. The van der Waals surface area contributed by atoms with Crippen LogP contribution in [0.2, 0.25) is 0 Å². The molecule has 0 spiro atoms. The van der Waals surface area contributed by atoms with Gasteiger partial charge < -0.3 is 19.2 Å². The molecule has 23 heavy (non-hydrogen) atoms. The van der Waals surface area contributed by atoms with Gasteiger partial charge in [-0.15, -0.1) is 0 Å². The SMILES string of the molecule is COc1cccc(OC)c1C(=O)NCc1ccc2ncoc2c1. The molecule has 1 aromatic heterocycles. The molecule has 0 aliphatic carbocycles. The molecule has 0 atom stereocenters. The monoisotopic (exact) mass is 312 g/mol. The zero-order valence-corrected chi connectivity index (χ0v) is 12.8. The van der Waals surface area contributed by atoms with E-state index in [0.717, 1.165) is 11.1 Å². The van der Waals surface area contributed by atoms with Crippen LogP contribution in [0, 0.1) is 0 Å². The fourth-order valence-corrected chi connectivity index (χ4v) is 2.36. The Labute approximate surface area is 133 Å². The number of amides is 1. The number of benzene rings is 2. The molecule has 1 N–H and O–H groups in total. The van der Waals surface area contributed by atoms with Crippen molar-refractivity contribution in [2.75, 3.05) is 14.2 Å². The van der Waals surface area contributed by atoms with Gasteiger partial charge >= 0.3 is 0 Å². The standard InChI is InChI=1S/C17H16N2O4/c1-21-13-4-3-5-14(22-2)16(13)17(20)18-9-11-6-7-12-15(8-11)23-10-19-12/h3-8,10H,9H2,1-2H3,(H,18,20). The third kappa shape index (κ3) is 2.96. The number of hydrogen-bond acceptors (Lipinski definition) is 5. The summed E-state index contributed by atoms with van der Waals surface area (Å²) < 4.78 is 15.7. The van der Waals surface area contributed by atoms with E-state index in [4.69, 9.17) is 13.9 Å². The second kappa shape index (κ2) is 6.39. The Bertz CT molecular complexity index is 819. The Hall–Kier alpha value is -3.02. The van der Waals surface area contributed by atoms with Crippen molar-refractivity contribution in [3.63, 3.8) is 0 Å². The summed E-state index contributed by atoms with van der Waals surface area (Å²) in [6, 6.07) is 10.8. The van der Waals surface area contributed by atoms with Crippen LogP contribution in [-0.2, 0) is 6.54 Å². The molecule has 118 valence electrons. The summed E-state index contributed by atoms with van der Waals surface area (Å²) in [5.74, 6) is 0.664. The van der Waals surface area contributed by atoms with E-state index in [1.807, 2.05) is 18.2 Å². The van der Waals surface area contributed by atoms with Gasteiger partial charge in [0.05, 0.1) is 14.2 Å². The van der Waals surface area contributed by atoms with Crippen LogP contribution in [0.3, 0.4) is 0 Å². The summed E-state index contributed by atoms with van der Waals surface area (Å²) in [5.41, 5.74) is 2.76. The molecule has 3 aromatic rings. The first-order valence-electron chi connectivity index (χ1n) is 7.04. The van der Waals surface area contributed by atoms with Crippen LogP contribution in [0.5, 0.6) is 11.5 Å². The van der Waals surface area contributed by atoms with Crippen LogP contribution < -0.4 is 14.8 Å². The third-order valence-electron chi connectivity index (χ3n) is 3.50. The molecule has 3 rings (SSSR count). The first-order valence-corrected chi connectivity index (χ1v) is 7.04. The fourth-order valence-electron chi connectivity index (χ4n) is 2.36. The Morgan fingerprint density at radius 2 is 1.91 bits per heavy atom. The van der Waals surface area contributed by atoms with Crippen molar-refractivity contribution >= 4 is 17.0 Å². The fraction of sp³-hybridized carbons (Fsp3) is 0.176. The van der Waals surface area contributed by atoms with Crippen molar-refractivity contribution < 1.29 is 18.7 Å². The van der Waals surface area contributed by atoms with E-state index in [1.165, 1.54) is 20.6 Å². The lowest BCUT2D eigenvalue weighted by molar-refractivity contribution is 0.0944. The van der Waals surface area contributed by atoms with Crippen LogP contribution in [0.1, 0.15) is 15.9 Å². The molecular formula is C17H16N2O4. The van der Waals surface area contributed by atoms with E-state index < -0.39 is 0 Å². The summed E-state index contributed by atoms with van der Waals surface area (Å²) in [6.07, 6.45) is 1.40.